The number of aryl methyl sites for hydroxylation is 1. The Balaban J connectivity index is 2.56. The van der Waals surface area contributed by atoms with Gasteiger partial charge in [0.1, 0.15) is 11.4 Å². The van der Waals surface area contributed by atoms with Crippen LogP contribution in [-0.2, 0) is 9.53 Å². The van der Waals surface area contributed by atoms with E-state index in [1.807, 2.05) is 45.9 Å². The second-order valence-electron chi connectivity index (χ2n) is 4.78. The summed E-state index contributed by atoms with van der Waals surface area (Å²) < 4.78 is 11.5. The standard InChI is InChI=1S/C13H17BrO3/c1-9-5-6-10(14)7-11(9)16-8-12(15)17-13(2,3)4/h5-7H,8H2,1-4H3. The smallest absolute Gasteiger partial charge is 0.344 e. The van der Waals surface area contributed by atoms with Gasteiger partial charge >= 0.3 is 5.97 Å². The highest BCUT2D eigenvalue weighted by Gasteiger charge is 2.16. The summed E-state index contributed by atoms with van der Waals surface area (Å²) >= 11 is 3.36. The molecule has 0 saturated carbocycles. The minimum atomic E-state index is -0.479. The van der Waals surface area contributed by atoms with Gasteiger partial charge in [0, 0.05) is 4.47 Å². The number of hydrogen-bond acceptors (Lipinski definition) is 3. The third-order valence-electron chi connectivity index (χ3n) is 1.92. The van der Waals surface area contributed by atoms with Gasteiger partial charge in [-0.2, -0.15) is 0 Å². The average Bonchev–Trinajstić information content (AvgIpc) is 2.17. The summed E-state index contributed by atoms with van der Waals surface area (Å²) in [5, 5.41) is 0. The number of esters is 1. The van der Waals surface area contributed by atoms with E-state index in [1.165, 1.54) is 0 Å². The zero-order chi connectivity index (χ0) is 13.1. The lowest BCUT2D eigenvalue weighted by atomic mass is 10.2. The maximum atomic E-state index is 11.5. The van der Waals surface area contributed by atoms with Crippen LogP contribution < -0.4 is 4.74 Å². The number of halogens is 1. The highest BCUT2D eigenvalue weighted by molar-refractivity contribution is 9.10. The maximum absolute atomic E-state index is 11.5. The van der Waals surface area contributed by atoms with Crippen LogP contribution >= 0.6 is 15.9 Å². The second kappa shape index (κ2) is 5.54. The first kappa shape index (κ1) is 14.0. The number of carbonyl (C=O) groups excluding carboxylic acids is 1. The predicted octanol–water partition coefficient (Wildman–Crippen LogP) is 3.48. The normalized spacial score (nSPS) is 11.1. The van der Waals surface area contributed by atoms with Gasteiger partial charge < -0.3 is 9.47 Å². The third-order valence-corrected chi connectivity index (χ3v) is 2.41. The summed E-state index contributed by atoms with van der Waals surface area (Å²) in [6.07, 6.45) is 0. The van der Waals surface area contributed by atoms with Gasteiger partial charge in [0.15, 0.2) is 6.61 Å². The fraction of sp³-hybridized carbons (Fsp3) is 0.462. The Morgan fingerprint density at radius 1 is 1.35 bits per heavy atom. The molecular weight excluding hydrogens is 284 g/mol. The molecule has 0 fully saturated rings. The SMILES string of the molecule is Cc1ccc(Br)cc1OCC(=O)OC(C)(C)C. The zero-order valence-electron chi connectivity index (χ0n) is 10.5. The lowest BCUT2D eigenvalue weighted by Crippen LogP contribution is -2.27. The monoisotopic (exact) mass is 300 g/mol. The van der Waals surface area contributed by atoms with Crippen LogP contribution in [0.3, 0.4) is 0 Å². The van der Waals surface area contributed by atoms with Crippen molar-refractivity contribution in [1.82, 2.24) is 0 Å². The van der Waals surface area contributed by atoms with Crippen molar-refractivity contribution in [3.05, 3.63) is 28.2 Å². The topological polar surface area (TPSA) is 35.5 Å². The molecule has 1 aromatic rings. The molecule has 0 radical (unpaired) electrons. The highest BCUT2D eigenvalue weighted by Crippen LogP contribution is 2.22. The van der Waals surface area contributed by atoms with E-state index >= 15 is 0 Å². The van der Waals surface area contributed by atoms with E-state index in [1.54, 1.807) is 0 Å². The lowest BCUT2D eigenvalue weighted by Gasteiger charge is -2.19. The first-order valence-corrected chi connectivity index (χ1v) is 6.18. The van der Waals surface area contributed by atoms with Crippen molar-refractivity contribution in [2.45, 2.75) is 33.3 Å². The molecule has 0 aliphatic carbocycles. The third kappa shape index (κ3) is 5.22. The first-order chi connectivity index (χ1) is 7.78. The molecule has 0 aliphatic rings. The minimum Gasteiger partial charge on any atom is -0.482 e. The summed E-state index contributed by atoms with van der Waals surface area (Å²) in [6.45, 7) is 7.34. The molecule has 17 heavy (non-hydrogen) atoms. The van der Waals surface area contributed by atoms with Crippen LogP contribution in [0.25, 0.3) is 0 Å². The van der Waals surface area contributed by atoms with E-state index < -0.39 is 5.60 Å². The molecule has 4 heteroatoms. The summed E-state index contributed by atoms with van der Waals surface area (Å²) in [5.74, 6) is 0.321. The van der Waals surface area contributed by atoms with Gasteiger partial charge in [-0.25, -0.2) is 4.79 Å². The van der Waals surface area contributed by atoms with Crippen LogP contribution in [-0.4, -0.2) is 18.2 Å². The van der Waals surface area contributed by atoms with Gasteiger partial charge in [0.2, 0.25) is 0 Å². The van der Waals surface area contributed by atoms with Crippen molar-refractivity contribution < 1.29 is 14.3 Å². The number of ether oxygens (including phenoxy) is 2. The Kier molecular flexibility index (Phi) is 4.57. The average molecular weight is 301 g/mol. The first-order valence-electron chi connectivity index (χ1n) is 5.39. The van der Waals surface area contributed by atoms with Gasteiger partial charge in [0.25, 0.3) is 0 Å². The maximum Gasteiger partial charge on any atom is 0.344 e. The van der Waals surface area contributed by atoms with E-state index in [0.29, 0.717) is 5.75 Å². The molecule has 0 heterocycles. The highest BCUT2D eigenvalue weighted by atomic mass is 79.9. The van der Waals surface area contributed by atoms with Crippen molar-refractivity contribution in [2.75, 3.05) is 6.61 Å². The Labute approximate surface area is 110 Å². The number of benzene rings is 1. The largest absolute Gasteiger partial charge is 0.482 e. The van der Waals surface area contributed by atoms with Gasteiger partial charge in [0.05, 0.1) is 0 Å². The van der Waals surface area contributed by atoms with E-state index in [2.05, 4.69) is 15.9 Å². The lowest BCUT2D eigenvalue weighted by molar-refractivity contribution is -0.157. The molecule has 0 saturated heterocycles. The van der Waals surface area contributed by atoms with Crippen LogP contribution in [0.1, 0.15) is 26.3 Å². The van der Waals surface area contributed by atoms with Crippen molar-refractivity contribution >= 4 is 21.9 Å². The zero-order valence-corrected chi connectivity index (χ0v) is 12.1. The Bertz CT molecular complexity index is 408. The Hall–Kier alpha value is -1.03. The van der Waals surface area contributed by atoms with Gasteiger partial charge in [-0.3, -0.25) is 0 Å². The van der Waals surface area contributed by atoms with Gasteiger partial charge in [-0.05, 0) is 45.4 Å². The number of carbonyl (C=O) groups is 1. The molecule has 0 atom stereocenters. The van der Waals surface area contributed by atoms with Crippen LogP contribution in [0, 0.1) is 6.92 Å². The molecule has 0 bridgehead atoms. The van der Waals surface area contributed by atoms with Crippen molar-refractivity contribution in [3.8, 4) is 5.75 Å². The van der Waals surface area contributed by atoms with E-state index in [4.69, 9.17) is 9.47 Å². The summed E-state index contributed by atoms with van der Waals surface area (Å²) in [4.78, 5) is 11.5. The molecule has 0 aromatic heterocycles. The van der Waals surface area contributed by atoms with E-state index in [0.717, 1.165) is 10.0 Å². The molecule has 0 N–H and O–H groups in total. The Morgan fingerprint density at radius 2 is 2.00 bits per heavy atom. The van der Waals surface area contributed by atoms with Crippen LogP contribution in [0.15, 0.2) is 22.7 Å². The van der Waals surface area contributed by atoms with Crippen molar-refractivity contribution in [3.63, 3.8) is 0 Å². The fourth-order valence-corrected chi connectivity index (χ4v) is 1.58. The van der Waals surface area contributed by atoms with Crippen molar-refractivity contribution in [2.24, 2.45) is 0 Å². The minimum absolute atomic E-state index is 0.0748. The van der Waals surface area contributed by atoms with E-state index in [9.17, 15) is 4.79 Å². The number of hydrogen-bond donors (Lipinski definition) is 0. The van der Waals surface area contributed by atoms with Gasteiger partial charge in [-0.15, -0.1) is 0 Å². The van der Waals surface area contributed by atoms with E-state index in [-0.39, 0.29) is 12.6 Å². The molecule has 1 rings (SSSR count). The predicted molar refractivity (Wildman–Crippen MR) is 70.2 cm³/mol. The van der Waals surface area contributed by atoms with Crippen LogP contribution in [0.4, 0.5) is 0 Å². The molecule has 0 spiro atoms. The molecular formula is C13H17BrO3. The molecule has 1 aromatic carbocycles. The van der Waals surface area contributed by atoms with Gasteiger partial charge in [-0.1, -0.05) is 22.0 Å². The van der Waals surface area contributed by atoms with Crippen molar-refractivity contribution in [1.29, 1.82) is 0 Å². The molecule has 0 amide bonds. The molecule has 0 unspecified atom stereocenters. The fourth-order valence-electron chi connectivity index (χ4n) is 1.24. The second-order valence-corrected chi connectivity index (χ2v) is 5.70. The van der Waals surface area contributed by atoms with Crippen LogP contribution in [0.5, 0.6) is 5.75 Å². The summed E-state index contributed by atoms with van der Waals surface area (Å²) in [7, 11) is 0. The molecule has 0 aliphatic heterocycles. The summed E-state index contributed by atoms with van der Waals surface area (Å²) in [5.41, 5.74) is 0.504. The summed E-state index contributed by atoms with van der Waals surface area (Å²) in [6, 6.07) is 5.68. The number of rotatable bonds is 3. The molecule has 94 valence electrons. The Morgan fingerprint density at radius 3 is 2.59 bits per heavy atom. The quantitative estimate of drug-likeness (QED) is 0.802. The van der Waals surface area contributed by atoms with Crippen LogP contribution in [0.2, 0.25) is 0 Å². The molecule has 3 nitrogen and oxygen atoms in total.